The van der Waals surface area contributed by atoms with Gasteiger partial charge in [-0.25, -0.2) is 0 Å². The molecule has 1 aromatic rings. The van der Waals surface area contributed by atoms with E-state index in [1.54, 1.807) is 0 Å². The van der Waals surface area contributed by atoms with E-state index in [1.807, 2.05) is 6.92 Å². The number of carbonyl (C=O) groups is 1. The molecule has 1 saturated carbocycles. The summed E-state index contributed by atoms with van der Waals surface area (Å²) in [6.45, 7) is 2.79. The lowest BCUT2D eigenvalue weighted by Crippen LogP contribution is -2.25. The lowest BCUT2D eigenvalue weighted by Gasteiger charge is -2.25. The quantitative estimate of drug-likeness (QED) is 0.864. The largest absolute Gasteiger partial charge is 0.481 e. The van der Waals surface area contributed by atoms with Crippen molar-refractivity contribution in [1.82, 2.24) is 10.1 Å². The van der Waals surface area contributed by atoms with Gasteiger partial charge in [0.05, 0.1) is 11.8 Å². The summed E-state index contributed by atoms with van der Waals surface area (Å²) in [5.41, 5.74) is 0. The zero-order chi connectivity index (χ0) is 13.0. The van der Waals surface area contributed by atoms with Crippen LogP contribution in [-0.4, -0.2) is 27.8 Å². The molecule has 6 heteroatoms. The number of nitrogens with zero attached hydrogens (tertiary/aromatic N) is 2. The Labute approximate surface area is 105 Å². The van der Waals surface area contributed by atoms with Gasteiger partial charge in [-0.15, -0.1) is 0 Å². The monoisotopic (exact) mass is 254 g/mol. The number of aromatic nitrogens is 2. The molecule has 0 aromatic carbocycles. The first-order valence-electron chi connectivity index (χ1n) is 6.35. The second-order valence-electron chi connectivity index (χ2n) is 4.52. The average molecular weight is 254 g/mol. The summed E-state index contributed by atoms with van der Waals surface area (Å²) in [5, 5.41) is 13.0. The van der Waals surface area contributed by atoms with Gasteiger partial charge in [0.15, 0.2) is 5.82 Å². The normalized spacial score (nSPS) is 24.1. The van der Waals surface area contributed by atoms with Gasteiger partial charge < -0.3 is 14.4 Å². The van der Waals surface area contributed by atoms with Crippen LogP contribution >= 0.6 is 0 Å². The summed E-state index contributed by atoms with van der Waals surface area (Å²) >= 11 is 0. The highest BCUT2D eigenvalue weighted by Gasteiger charge is 2.35. The van der Waals surface area contributed by atoms with Crippen molar-refractivity contribution >= 4 is 5.97 Å². The molecule has 1 N–H and O–H groups in total. The molecule has 0 amide bonds. The Bertz CT molecular complexity index is 405. The zero-order valence-electron chi connectivity index (χ0n) is 10.5. The molecule has 2 atom stereocenters. The van der Waals surface area contributed by atoms with E-state index >= 15 is 0 Å². The summed E-state index contributed by atoms with van der Waals surface area (Å²) in [6.07, 6.45) is 3.45. The Kier molecular flexibility index (Phi) is 4.30. The van der Waals surface area contributed by atoms with E-state index in [9.17, 15) is 9.90 Å². The minimum atomic E-state index is -0.774. The first-order chi connectivity index (χ1) is 8.72. The molecule has 1 aliphatic carbocycles. The number of rotatable bonds is 5. The second kappa shape index (κ2) is 5.95. The van der Waals surface area contributed by atoms with Crippen LogP contribution in [0.15, 0.2) is 4.52 Å². The fraction of sp³-hybridized carbons (Fsp3) is 0.750. The number of hydrogen-bond acceptors (Lipinski definition) is 5. The third-order valence-corrected chi connectivity index (χ3v) is 3.32. The molecule has 0 bridgehead atoms. The SMILES string of the molecule is CCOCc1noc(C2CCCCC2C(=O)O)n1. The van der Waals surface area contributed by atoms with Gasteiger partial charge in [-0.3, -0.25) is 4.79 Å². The van der Waals surface area contributed by atoms with E-state index in [4.69, 9.17) is 9.26 Å². The molecular formula is C12H18N2O4. The number of carboxylic acid groups (broad SMARTS) is 1. The third-order valence-electron chi connectivity index (χ3n) is 3.32. The summed E-state index contributed by atoms with van der Waals surface area (Å²) < 4.78 is 10.4. The molecule has 100 valence electrons. The van der Waals surface area contributed by atoms with Gasteiger partial charge in [0.1, 0.15) is 6.61 Å². The minimum Gasteiger partial charge on any atom is -0.481 e. The highest BCUT2D eigenvalue weighted by atomic mass is 16.5. The van der Waals surface area contributed by atoms with Crippen LogP contribution in [0.25, 0.3) is 0 Å². The molecule has 1 aliphatic rings. The standard InChI is InChI=1S/C12H18N2O4/c1-2-17-7-10-13-11(18-14-10)8-5-3-4-6-9(8)12(15)16/h8-9H,2-7H2,1H3,(H,15,16). The summed E-state index contributed by atoms with van der Waals surface area (Å²) in [6, 6.07) is 0. The van der Waals surface area contributed by atoms with Crippen molar-refractivity contribution in [3.63, 3.8) is 0 Å². The third kappa shape index (κ3) is 2.87. The van der Waals surface area contributed by atoms with Gasteiger partial charge in [0.25, 0.3) is 0 Å². The lowest BCUT2D eigenvalue weighted by molar-refractivity contribution is -0.143. The van der Waals surface area contributed by atoms with Gasteiger partial charge in [-0.1, -0.05) is 18.0 Å². The van der Waals surface area contributed by atoms with Crippen molar-refractivity contribution in [2.24, 2.45) is 5.92 Å². The Hall–Kier alpha value is -1.43. The topological polar surface area (TPSA) is 85.5 Å². The van der Waals surface area contributed by atoms with Crippen molar-refractivity contribution in [1.29, 1.82) is 0 Å². The van der Waals surface area contributed by atoms with Crippen molar-refractivity contribution < 1.29 is 19.2 Å². The highest BCUT2D eigenvalue weighted by molar-refractivity contribution is 5.71. The predicted octanol–water partition coefficient (Wildman–Crippen LogP) is 1.96. The fourth-order valence-corrected chi connectivity index (χ4v) is 2.39. The van der Waals surface area contributed by atoms with Crippen LogP contribution in [0, 0.1) is 5.92 Å². The van der Waals surface area contributed by atoms with E-state index in [2.05, 4.69) is 10.1 Å². The van der Waals surface area contributed by atoms with E-state index < -0.39 is 11.9 Å². The maximum absolute atomic E-state index is 11.2. The molecule has 2 rings (SSSR count). The van der Waals surface area contributed by atoms with Gasteiger partial charge in [0.2, 0.25) is 5.89 Å². The highest BCUT2D eigenvalue weighted by Crippen LogP contribution is 2.37. The maximum Gasteiger partial charge on any atom is 0.307 e. The zero-order valence-corrected chi connectivity index (χ0v) is 10.5. The average Bonchev–Trinajstić information content (AvgIpc) is 2.85. The number of ether oxygens (including phenoxy) is 1. The maximum atomic E-state index is 11.2. The van der Waals surface area contributed by atoms with Gasteiger partial charge >= 0.3 is 5.97 Å². The molecule has 1 heterocycles. The molecule has 1 fully saturated rings. The minimum absolute atomic E-state index is 0.154. The van der Waals surface area contributed by atoms with Crippen LogP contribution in [0.4, 0.5) is 0 Å². The summed E-state index contributed by atoms with van der Waals surface area (Å²) in [4.78, 5) is 15.4. The molecule has 0 aliphatic heterocycles. The van der Waals surface area contributed by atoms with Crippen LogP contribution in [-0.2, 0) is 16.1 Å². The van der Waals surface area contributed by atoms with Crippen molar-refractivity contribution in [2.45, 2.75) is 45.1 Å². The van der Waals surface area contributed by atoms with Crippen LogP contribution in [0.5, 0.6) is 0 Å². The van der Waals surface area contributed by atoms with Crippen LogP contribution in [0.1, 0.15) is 50.2 Å². The Morgan fingerprint density at radius 2 is 2.28 bits per heavy atom. The van der Waals surface area contributed by atoms with E-state index in [1.165, 1.54) is 0 Å². The Morgan fingerprint density at radius 1 is 1.50 bits per heavy atom. The first kappa shape index (κ1) is 13.0. The second-order valence-corrected chi connectivity index (χ2v) is 4.52. The van der Waals surface area contributed by atoms with Crippen molar-refractivity contribution in [3.05, 3.63) is 11.7 Å². The predicted molar refractivity (Wildman–Crippen MR) is 62.0 cm³/mol. The molecule has 0 saturated heterocycles. The van der Waals surface area contributed by atoms with E-state index in [0.29, 0.717) is 31.3 Å². The van der Waals surface area contributed by atoms with Crippen molar-refractivity contribution in [2.75, 3.05) is 6.61 Å². The first-order valence-corrected chi connectivity index (χ1v) is 6.35. The number of carboxylic acids is 1. The van der Waals surface area contributed by atoms with Crippen LogP contribution in [0.2, 0.25) is 0 Å². The van der Waals surface area contributed by atoms with Gasteiger partial charge in [-0.2, -0.15) is 4.98 Å². The van der Waals surface area contributed by atoms with Gasteiger partial charge in [-0.05, 0) is 19.8 Å². The Morgan fingerprint density at radius 3 is 3.00 bits per heavy atom. The molecule has 1 aromatic heterocycles. The summed E-state index contributed by atoms with van der Waals surface area (Å²) in [5.74, 6) is -0.402. The molecule has 6 nitrogen and oxygen atoms in total. The fourth-order valence-electron chi connectivity index (χ4n) is 2.39. The smallest absolute Gasteiger partial charge is 0.307 e. The molecule has 0 radical (unpaired) electrons. The molecule has 2 unspecified atom stereocenters. The molecular weight excluding hydrogens is 236 g/mol. The molecule has 0 spiro atoms. The lowest BCUT2D eigenvalue weighted by atomic mass is 9.79. The van der Waals surface area contributed by atoms with Gasteiger partial charge in [0, 0.05) is 6.61 Å². The van der Waals surface area contributed by atoms with Crippen LogP contribution < -0.4 is 0 Å². The van der Waals surface area contributed by atoms with Crippen LogP contribution in [0.3, 0.4) is 0 Å². The Balaban J connectivity index is 2.08. The van der Waals surface area contributed by atoms with Crippen molar-refractivity contribution in [3.8, 4) is 0 Å². The summed E-state index contributed by atoms with van der Waals surface area (Å²) in [7, 11) is 0. The van der Waals surface area contributed by atoms with E-state index in [-0.39, 0.29) is 5.92 Å². The molecule has 18 heavy (non-hydrogen) atoms. The van der Waals surface area contributed by atoms with E-state index in [0.717, 1.165) is 19.3 Å². The number of hydrogen-bond donors (Lipinski definition) is 1. The number of aliphatic carboxylic acids is 1.